The topological polar surface area (TPSA) is 41.9 Å². The molecule has 108 valence electrons. The SMILES string of the molecule is COC(=O)[C@@H]1CCC(C)(C)N1N=Cc1cccc(F)c1. The van der Waals surface area contributed by atoms with Crippen LogP contribution in [0.4, 0.5) is 4.39 Å². The highest BCUT2D eigenvalue weighted by molar-refractivity contribution is 5.80. The van der Waals surface area contributed by atoms with Gasteiger partial charge < -0.3 is 4.74 Å². The summed E-state index contributed by atoms with van der Waals surface area (Å²) in [6, 6.07) is 5.81. The Kier molecular flexibility index (Phi) is 4.06. The average Bonchev–Trinajstić information content (AvgIpc) is 2.71. The van der Waals surface area contributed by atoms with E-state index in [0.717, 1.165) is 6.42 Å². The third-order valence-electron chi connectivity index (χ3n) is 3.60. The van der Waals surface area contributed by atoms with Gasteiger partial charge in [-0.15, -0.1) is 0 Å². The molecule has 1 aliphatic rings. The second kappa shape index (κ2) is 5.61. The number of carbonyl (C=O) groups is 1. The van der Waals surface area contributed by atoms with Gasteiger partial charge in [-0.05, 0) is 44.4 Å². The number of ether oxygens (including phenoxy) is 1. The zero-order valence-electron chi connectivity index (χ0n) is 12.0. The lowest BCUT2D eigenvalue weighted by Gasteiger charge is -2.31. The molecule has 1 aliphatic heterocycles. The van der Waals surface area contributed by atoms with Crippen molar-refractivity contribution in [2.45, 2.75) is 38.3 Å². The summed E-state index contributed by atoms with van der Waals surface area (Å²) >= 11 is 0. The minimum Gasteiger partial charge on any atom is -0.467 e. The van der Waals surface area contributed by atoms with Gasteiger partial charge in [0.05, 0.1) is 18.9 Å². The summed E-state index contributed by atoms with van der Waals surface area (Å²) in [6.07, 6.45) is 3.14. The van der Waals surface area contributed by atoms with Crippen LogP contribution in [0.5, 0.6) is 0 Å². The van der Waals surface area contributed by atoms with Gasteiger partial charge in [0, 0.05) is 0 Å². The molecular weight excluding hydrogens is 259 g/mol. The molecule has 0 saturated carbocycles. The molecule has 1 heterocycles. The number of esters is 1. The summed E-state index contributed by atoms with van der Waals surface area (Å²) in [6.45, 7) is 4.05. The van der Waals surface area contributed by atoms with Crippen LogP contribution in [0.3, 0.4) is 0 Å². The zero-order chi connectivity index (χ0) is 14.8. The minimum absolute atomic E-state index is 0.220. The smallest absolute Gasteiger partial charge is 0.330 e. The van der Waals surface area contributed by atoms with E-state index >= 15 is 0 Å². The lowest BCUT2D eigenvalue weighted by atomic mass is 10.0. The third kappa shape index (κ3) is 2.98. The molecule has 0 aliphatic carbocycles. The maximum atomic E-state index is 13.1. The van der Waals surface area contributed by atoms with Crippen LogP contribution in [0, 0.1) is 5.82 Å². The summed E-state index contributed by atoms with van der Waals surface area (Å²) in [5.74, 6) is -0.592. The van der Waals surface area contributed by atoms with E-state index in [2.05, 4.69) is 5.10 Å². The van der Waals surface area contributed by atoms with Crippen molar-refractivity contribution in [3.05, 3.63) is 35.6 Å². The Morgan fingerprint density at radius 1 is 1.55 bits per heavy atom. The molecule has 0 bridgehead atoms. The van der Waals surface area contributed by atoms with E-state index in [9.17, 15) is 9.18 Å². The van der Waals surface area contributed by atoms with E-state index in [4.69, 9.17) is 4.74 Å². The van der Waals surface area contributed by atoms with Crippen molar-refractivity contribution >= 4 is 12.2 Å². The van der Waals surface area contributed by atoms with Crippen molar-refractivity contribution in [2.24, 2.45) is 5.10 Å². The van der Waals surface area contributed by atoms with Crippen molar-refractivity contribution in [3.63, 3.8) is 0 Å². The molecule has 0 radical (unpaired) electrons. The molecule has 20 heavy (non-hydrogen) atoms. The number of rotatable bonds is 3. The number of halogens is 1. The van der Waals surface area contributed by atoms with Gasteiger partial charge in [-0.2, -0.15) is 5.10 Å². The summed E-state index contributed by atoms with van der Waals surface area (Å²) in [4.78, 5) is 11.8. The Morgan fingerprint density at radius 2 is 2.30 bits per heavy atom. The highest BCUT2D eigenvalue weighted by atomic mass is 19.1. The van der Waals surface area contributed by atoms with E-state index < -0.39 is 0 Å². The molecule has 1 aromatic carbocycles. The summed E-state index contributed by atoms with van der Waals surface area (Å²) in [5.41, 5.74) is 0.444. The predicted molar refractivity (Wildman–Crippen MR) is 75.0 cm³/mol. The second-order valence-corrected chi connectivity index (χ2v) is 5.53. The normalized spacial score (nSPS) is 21.4. The first-order valence-corrected chi connectivity index (χ1v) is 6.61. The van der Waals surface area contributed by atoms with Gasteiger partial charge in [-0.3, -0.25) is 5.01 Å². The molecule has 4 nitrogen and oxygen atoms in total. The fourth-order valence-electron chi connectivity index (χ4n) is 2.45. The molecular formula is C15H19FN2O2. The highest BCUT2D eigenvalue weighted by Gasteiger charge is 2.43. The maximum absolute atomic E-state index is 13.1. The quantitative estimate of drug-likeness (QED) is 0.630. The predicted octanol–water partition coefficient (Wildman–Crippen LogP) is 2.58. The van der Waals surface area contributed by atoms with Gasteiger partial charge in [0.25, 0.3) is 0 Å². The van der Waals surface area contributed by atoms with Gasteiger partial charge in [0.2, 0.25) is 0 Å². The molecule has 0 aromatic heterocycles. The van der Waals surface area contributed by atoms with E-state index in [1.54, 1.807) is 23.4 Å². The van der Waals surface area contributed by atoms with Crippen LogP contribution >= 0.6 is 0 Å². The Bertz CT molecular complexity index is 528. The van der Waals surface area contributed by atoms with Gasteiger partial charge in [-0.1, -0.05) is 12.1 Å². The molecule has 0 unspecified atom stereocenters. The molecule has 2 rings (SSSR count). The lowest BCUT2D eigenvalue weighted by molar-refractivity contribution is -0.147. The number of hydrazone groups is 1. The minimum atomic E-state index is -0.375. The van der Waals surface area contributed by atoms with Crippen LogP contribution in [0.2, 0.25) is 0 Å². The van der Waals surface area contributed by atoms with Gasteiger partial charge in [0.1, 0.15) is 11.9 Å². The maximum Gasteiger partial charge on any atom is 0.330 e. The Hall–Kier alpha value is -1.91. The largest absolute Gasteiger partial charge is 0.467 e. The number of methoxy groups -OCH3 is 1. The van der Waals surface area contributed by atoms with Crippen LogP contribution in [-0.2, 0) is 9.53 Å². The summed E-state index contributed by atoms with van der Waals surface area (Å²) in [5, 5.41) is 6.13. The molecule has 1 saturated heterocycles. The molecule has 0 N–H and O–H groups in total. The lowest BCUT2D eigenvalue weighted by Crippen LogP contribution is -2.43. The number of hydrogen-bond donors (Lipinski definition) is 0. The van der Waals surface area contributed by atoms with Crippen molar-refractivity contribution in [1.29, 1.82) is 0 Å². The van der Waals surface area contributed by atoms with Crippen LogP contribution in [0.25, 0.3) is 0 Å². The van der Waals surface area contributed by atoms with E-state index in [0.29, 0.717) is 12.0 Å². The molecule has 1 fully saturated rings. The summed E-state index contributed by atoms with van der Waals surface area (Å²) < 4.78 is 17.9. The standard InChI is InChI=1S/C15H19FN2O2/c1-15(2)8-7-13(14(19)20-3)18(15)17-10-11-5-4-6-12(16)9-11/h4-6,9-10,13H,7-8H2,1-3H3/t13-/m0/s1. The van der Waals surface area contributed by atoms with E-state index in [1.807, 2.05) is 13.8 Å². The van der Waals surface area contributed by atoms with Crippen molar-refractivity contribution in [1.82, 2.24) is 5.01 Å². The second-order valence-electron chi connectivity index (χ2n) is 5.53. The Labute approximate surface area is 118 Å². The first-order valence-electron chi connectivity index (χ1n) is 6.61. The molecule has 5 heteroatoms. The Balaban J connectivity index is 2.21. The van der Waals surface area contributed by atoms with Gasteiger partial charge in [0.15, 0.2) is 0 Å². The van der Waals surface area contributed by atoms with E-state index in [-0.39, 0.29) is 23.4 Å². The fraction of sp³-hybridized carbons (Fsp3) is 0.467. The zero-order valence-corrected chi connectivity index (χ0v) is 12.0. The first-order chi connectivity index (χ1) is 9.44. The van der Waals surface area contributed by atoms with Gasteiger partial charge in [-0.25, -0.2) is 9.18 Å². The van der Waals surface area contributed by atoms with Crippen LogP contribution in [-0.4, -0.2) is 35.9 Å². The van der Waals surface area contributed by atoms with Crippen LogP contribution < -0.4 is 0 Å². The average molecular weight is 278 g/mol. The van der Waals surface area contributed by atoms with Crippen molar-refractivity contribution in [2.75, 3.05) is 7.11 Å². The highest BCUT2D eigenvalue weighted by Crippen LogP contribution is 2.34. The number of nitrogens with zero attached hydrogens (tertiary/aromatic N) is 2. The number of benzene rings is 1. The first kappa shape index (κ1) is 14.5. The molecule has 1 aromatic rings. The fourth-order valence-corrected chi connectivity index (χ4v) is 2.45. The number of hydrogen-bond acceptors (Lipinski definition) is 4. The van der Waals surface area contributed by atoms with Gasteiger partial charge >= 0.3 is 5.97 Å². The Morgan fingerprint density at radius 3 is 2.95 bits per heavy atom. The molecule has 0 spiro atoms. The monoisotopic (exact) mass is 278 g/mol. The number of carbonyl (C=O) groups excluding carboxylic acids is 1. The van der Waals surface area contributed by atoms with Crippen molar-refractivity contribution < 1.29 is 13.9 Å². The summed E-state index contributed by atoms with van der Waals surface area (Å²) in [7, 11) is 1.38. The molecule has 1 atom stereocenters. The molecule has 0 amide bonds. The third-order valence-corrected chi connectivity index (χ3v) is 3.60. The van der Waals surface area contributed by atoms with E-state index in [1.165, 1.54) is 19.2 Å². The van der Waals surface area contributed by atoms with Crippen LogP contribution in [0.15, 0.2) is 29.4 Å². The van der Waals surface area contributed by atoms with Crippen molar-refractivity contribution in [3.8, 4) is 0 Å². The van der Waals surface area contributed by atoms with Crippen LogP contribution in [0.1, 0.15) is 32.3 Å².